The van der Waals surface area contributed by atoms with E-state index in [1.807, 2.05) is 38.1 Å². The molecule has 8 heteroatoms. The van der Waals surface area contributed by atoms with E-state index < -0.39 is 10.1 Å². The number of nitrogens with zero attached hydrogens (tertiary/aromatic N) is 2. The van der Waals surface area contributed by atoms with Gasteiger partial charge in [0.05, 0.1) is 9.38 Å². The smallest absolute Gasteiger partial charge is 0.409 e. The summed E-state index contributed by atoms with van der Waals surface area (Å²) in [6, 6.07) is 13.6. The second kappa shape index (κ2) is 7.52. The quantitative estimate of drug-likeness (QED) is 0.556. The molecule has 0 aliphatic carbocycles. The van der Waals surface area contributed by atoms with E-state index in [9.17, 15) is 18.1 Å². The first-order valence-electron chi connectivity index (χ1n) is 6.92. The molecule has 0 aliphatic heterocycles. The molecule has 1 heterocycles. The maximum atomic E-state index is 10.4. The van der Waals surface area contributed by atoms with Crippen molar-refractivity contribution in [2.24, 2.45) is 0 Å². The van der Waals surface area contributed by atoms with E-state index in [2.05, 4.69) is 4.49 Å². The highest BCUT2D eigenvalue weighted by Gasteiger charge is 2.15. The van der Waals surface area contributed by atoms with E-state index >= 15 is 0 Å². The highest BCUT2D eigenvalue weighted by molar-refractivity contribution is 7.85. The van der Waals surface area contributed by atoms with Crippen LogP contribution in [-0.4, -0.2) is 22.6 Å². The van der Waals surface area contributed by atoms with Crippen molar-refractivity contribution in [3.8, 4) is 11.6 Å². The van der Waals surface area contributed by atoms with Gasteiger partial charge in [-0.2, -0.15) is 0 Å². The molecule has 0 bridgehead atoms. The molecule has 0 saturated carbocycles. The van der Waals surface area contributed by atoms with Gasteiger partial charge in [0.15, 0.2) is 0 Å². The van der Waals surface area contributed by atoms with E-state index in [1.165, 1.54) is 33.9 Å². The maximum absolute atomic E-state index is 10.4. The minimum Gasteiger partial charge on any atom is -0.744 e. The van der Waals surface area contributed by atoms with Crippen molar-refractivity contribution < 1.29 is 22.8 Å². The monoisotopic (exact) mass is 364 g/mol. The van der Waals surface area contributed by atoms with Crippen LogP contribution >= 0.6 is 11.5 Å². The molecule has 24 heavy (non-hydrogen) atoms. The molecule has 0 radical (unpaired) electrons. The summed E-state index contributed by atoms with van der Waals surface area (Å²) in [7, 11) is -4.27. The first kappa shape index (κ1) is 18.1. The molecule has 2 aromatic carbocycles. The molecular formula is C16H16N2O4S2. The lowest BCUT2D eigenvalue weighted by atomic mass is 10.2. The predicted octanol–water partition coefficient (Wildman–Crippen LogP) is 2.33. The molecule has 126 valence electrons. The van der Waals surface area contributed by atoms with Gasteiger partial charge in [-0.05, 0) is 26.0 Å². The van der Waals surface area contributed by atoms with Crippen LogP contribution in [0.5, 0.6) is 5.88 Å². The summed E-state index contributed by atoms with van der Waals surface area (Å²) >= 11 is 1.23. The molecule has 0 saturated heterocycles. The lowest BCUT2D eigenvalue weighted by molar-refractivity contribution is -0.657. The van der Waals surface area contributed by atoms with Crippen LogP contribution in [0.15, 0.2) is 58.8 Å². The molecule has 1 N–H and O–H groups in total. The van der Waals surface area contributed by atoms with E-state index in [0.29, 0.717) is 0 Å². The fourth-order valence-corrected chi connectivity index (χ4v) is 2.76. The molecule has 0 unspecified atom stereocenters. The third kappa shape index (κ3) is 4.85. The number of hydrogen-bond donors (Lipinski definition) is 1. The van der Waals surface area contributed by atoms with Gasteiger partial charge in [0.1, 0.15) is 15.5 Å². The van der Waals surface area contributed by atoms with Crippen LogP contribution in [-0.2, 0) is 10.1 Å². The number of aromatic hydroxyl groups is 1. The summed E-state index contributed by atoms with van der Waals surface area (Å²) in [4.78, 5) is -0.178. The van der Waals surface area contributed by atoms with Crippen LogP contribution in [0.3, 0.4) is 0 Å². The largest absolute Gasteiger partial charge is 0.744 e. The topological polar surface area (TPSA) is 94.2 Å². The molecule has 1 aromatic heterocycles. The van der Waals surface area contributed by atoms with Gasteiger partial charge in [0.2, 0.25) is 5.69 Å². The predicted molar refractivity (Wildman–Crippen MR) is 89.2 cm³/mol. The van der Waals surface area contributed by atoms with Gasteiger partial charge >= 0.3 is 5.88 Å². The average Bonchev–Trinajstić information content (AvgIpc) is 2.94. The molecule has 0 atom stereocenters. The molecular weight excluding hydrogens is 348 g/mol. The second-order valence-corrected chi connectivity index (χ2v) is 7.07. The lowest BCUT2D eigenvalue weighted by Crippen LogP contribution is -2.31. The molecule has 0 fully saturated rings. The van der Waals surface area contributed by atoms with Crippen LogP contribution in [0, 0.1) is 13.8 Å². The highest BCUT2D eigenvalue weighted by Crippen LogP contribution is 2.09. The van der Waals surface area contributed by atoms with E-state index in [1.54, 1.807) is 17.5 Å². The summed E-state index contributed by atoms with van der Waals surface area (Å²) in [5.74, 6) is 0.175. The lowest BCUT2D eigenvalue weighted by Gasteiger charge is -2.05. The van der Waals surface area contributed by atoms with Crippen molar-refractivity contribution in [2.45, 2.75) is 18.7 Å². The average molecular weight is 364 g/mol. The summed E-state index contributed by atoms with van der Waals surface area (Å²) in [5.41, 5.74) is 3.00. The first-order chi connectivity index (χ1) is 11.3. The fraction of sp³-hybridized carbons (Fsp3) is 0.125. The zero-order chi connectivity index (χ0) is 17.7. The minimum atomic E-state index is -4.27. The Morgan fingerprint density at radius 3 is 1.92 bits per heavy atom. The summed E-state index contributed by atoms with van der Waals surface area (Å²) < 4.78 is 36.7. The molecule has 6 nitrogen and oxygen atoms in total. The minimum absolute atomic E-state index is 0.175. The maximum Gasteiger partial charge on any atom is 0.409 e. The van der Waals surface area contributed by atoms with E-state index in [4.69, 9.17) is 0 Å². The molecule has 3 rings (SSSR count). The van der Waals surface area contributed by atoms with Crippen LogP contribution < -0.4 is 4.68 Å². The third-order valence-corrected chi connectivity index (χ3v) is 4.52. The van der Waals surface area contributed by atoms with Gasteiger partial charge in [-0.3, -0.25) is 0 Å². The number of benzene rings is 2. The Labute approximate surface area is 144 Å². The molecule has 0 aliphatic rings. The van der Waals surface area contributed by atoms with Crippen molar-refractivity contribution in [3.63, 3.8) is 0 Å². The summed E-state index contributed by atoms with van der Waals surface area (Å²) in [5, 5.41) is 11.0. The molecule has 0 amide bonds. The van der Waals surface area contributed by atoms with Crippen molar-refractivity contribution in [1.29, 1.82) is 0 Å². The van der Waals surface area contributed by atoms with Crippen molar-refractivity contribution >= 4 is 21.7 Å². The number of aryl methyl sites for hydroxylation is 2. The van der Waals surface area contributed by atoms with Gasteiger partial charge in [0, 0.05) is 28.3 Å². The van der Waals surface area contributed by atoms with Crippen LogP contribution in [0.25, 0.3) is 5.69 Å². The normalized spacial score (nSPS) is 10.8. The Morgan fingerprint density at radius 1 is 1.00 bits per heavy atom. The Hall–Kier alpha value is -2.29. The molecule has 3 aromatic rings. The fourth-order valence-electron chi connectivity index (χ4n) is 1.78. The van der Waals surface area contributed by atoms with Crippen LogP contribution in [0.2, 0.25) is 0 Å². The second-order valence-electron chi connectivity index (χ2n) is 5.08. The van der Waals surface area contributed by atoms with E-state index in [0.717, 1.165) is 11.3 Å². The first-order valence-corrected chi connectivity index (χ1v) is 9.17. The highest BCUT2D eigenvalue weighted by atomic mass is 32.2. The number of rotatable bonds is 2. The van der Waals surface area contributed by atoms with Gasteiger partial charge in [0.25, 0.3) is 0 Å². The van der Waals surface area contributed by atoms with Crippen LogP contribution in [0.1, 0.15) is 11.1 Å². The Bertz CT molecular complexity index is 902. The van der Waals surface area contributed by atoms with Gasteiger partial charge in [-0.25, -0.2) is 8.42 Å². The van der Waals surface area contributed by atoms with Crippen molar-refractivity contribution in [1.82, 2.24) is 4.49 Å². The van der Waals surface area contributed by atoms with Gasteiger partial charge in [-0.1, -0.05) is 35.4 Å². The van der Waals surface area contributed by atoms with Crippen molar-refractivity contribution in [3.05, 3.63) is 65.0 Å². The number of aromatic nitrogens is 2. The summed E-state index contributed by atoms with van der Waals surface area (Å²) in [6.07, 6.45) is 0. The van der Waals surface area contributed by atoms with Crippen molar-refractivity contribution in [2.75, 3.05) is 0 Å². The van der Waals surface area contributed by atoms with Gasteiger partial charge in [-0.15, -0.1) is 0 Å². The molecule has 0 spiro atoms. The standard InChI is InChI=1S/C9H8N2OS.C7H8O3S/c1-7-2-4-8(5-3-7)11-9(12)6-13-10-11;1-6-2-4-7(5-3-6)11(8,9)10/h2-6H,1H3;2-5H,1H3,(H,8,9,10). The summed E-state index contributed by atoms with van der Waals surface area (Å²) in [6.45, 7) is 3.84. The van der Waals surface area contributed by atoms with Gasteiger partial charge < -0.3 is 9.66 Å². The Balaban J connectivity index is 0.000000177. The zero-order valence-corrected chi connectivity index (χ0v) is 14.7. The van der Waals surface area contributed by atoms with E-state index in [-0.39, 0.29) is 10.8 Å². The Kier molecular flexibility index (Phi) is 5.66. The number of hydrogen-bond acceptors (Lipinski definition) is 6. The third-order valence-electron chi connectivity index (χ3n) is 3.09. The van der Waals surface area contributed by atoms with Crippen LogP contribution in [0.4, 0.5) is 0 Å². The zero-order valence-electron chi connectivity index (χ0n) is 13.1. The SMILES string of the molecule is Cc1ccc(-[n+]2nscc2O)cc1.Cc1ccc(S(=O)(=O)[O-])cc1. The Morgan fingerprint density at radius 2 is 1.50 bits per heavy atom.